The van der Waals surface area contributed by atoms with Crippen molar-refractivity contribution >= 4 is 23.6 Å². The molecule has 0 saturated carbocycles. The van der Waals surface area contributed by atoms with Crippen LogP contribution in [0.25, 0.3) is 0 Å². The monoisotopic (exact) mass is 378 g/mol. The third-order valence-electron chi connectivity index (χ3n) is 3.30. The molecule has 0 radical (unpaired) electrons. The van der Waals surface area contributed by atoms with Gasteiger partial charge in [0.25, 0.3) is 0 Å². The molecule has 2 rings (SSSR count). The summed E-state index contributed by atoms with van der Waals surface area (Å²) >= 11 is 1.26. The summed E-state index contributed by atoms with van der Waals surface area (Å²) in [6, 6.07) is 9.42. The van der Waals surface area contributed by atoms with Crippen molar-refractivity contribution in [1.29, 1.82) is 0 Å². The van der Waals surface area contributed by atoms with Crippen molar-refractivity contribution < 1.29 is 19.1 Å². The minimum absolute atomic E-state index is 0.0565. The van der Waals surface area contributed by atoms with E-state index in [1.807, 2.05) is 30.3 Å². The van der Waals surface area contributed by atoms with Gasteiger partial charge < -0.3 is 19.4 Å². The lowest BCUT2D eigenvalue weighted by Gasteiger charge is -2.07. The molecule has 0 aliphatic heterocycles. The number of ether oxygens (including phenoxy) is 2. The first-order valence-corrected chi connectivity index (χ1v) is 9.20. The maximum atomic E-state index is 11.9. The summed E-state index contributed by atoms with van der Waals surface area (Å²) in [5.74, 6) is 1.00. The molecule has 0 atom stereocenters. The molecule has 26 heavy (non-hydrogen) atoms. The number of aromatic nitrogens is 3. The van der Waals surface area contributed by atoms with Crippen LogP contribution >= 0.6 is 11.8 Å². The van der Waals surface area contributed by atoms with Gasteiger partial charge in [0.05, 0.1) is 18.9 Å². The number of nitrogens with one attached hydrogen (secondary N) is 1. The predicted octanol–water partition coefficient (Wildman–Crippen LogP) is 1.21. The Morgan fingerprint density at radius 1 is 1.23 bits per heavy atom. The molecule has 0 unspecified atom stereocenters. The molecule has 2 aromatic rings. The van der Waals surface area contributed by atoms with Crippen LogP contribution in [0.15, 0.2) is 35.5 Å². The third kappa shape index (κ3) is 6.40. The van der Waals surface area contributed by atoms with Crippen molar-refractivity contribution in [3.8, 4) is 5.75 Å². The van der Waals surface area contributed by atoms with Gasteiger partial charge in [-0.3, -0.25) is 9.59 Å². The first kappa shape index (κ1) is 19.8. The second-order valence-corrected chi connectivity index (χ2v) is 6.18. The smallest absolute Gasteiger partial charge is 0.313 e. The quantitative estimate of drug-likeness (QED) is 0.377. The highest BCUT2D eigenvalue weighted by Gasteiger charge is 2.14. The van der Waals surface area contributed by atoms with Gasteiger partial charge in [0, 0.05) is 7.05 Å². The van der Waals surface area contributed by atoms with E-state index < -0.39 is 0 Å². The van der Waals surface area contributed by atoms with Crippen molar-refractivity contribution in [3.05, 3.63) is 36.2 Å². The molecule has 0 spiro atoms. The lowest BCUT2D eigenvalue weighted by atomic mass is 10.3. The fourth-order valence-corrected chi connectivity index (χ4v) is 2.78. The molecule has 1 aromatic heterocycles. The van der Waals surface area contributed by atoms with Gasteiger partial charge in [-0.05, 0) is 19.1 Å². The Hall–Kier alpha value is -2.55. The molecular formula is C17H22N4O4S. The summed E-state index contributed by atoms with van der Waals surface area (Å²) in [5, 5.41) is 11.3. The summed E-state index contributed by atoms with van der Waals surface area (Å²) in [5.41, 5.74) is 0. The molecule has 1 aromatic carbocycles. The highest BCUT2D eigenvalue weighted by atomic mass is 32.2. The maximum Gasteiger partial charge on any atom is 0.313 e. The zero-order valence-corrected chi connectivity index (χ0v) is 15.6. The van der Waals surface area contributed by atoms with E-state index in [0.29, 0.717) is 30.7 Å². The normalized spacial score (nSPS) is 10.4. The van der Waals surface area contributed by atoms with E-state index in [1.54, 1.807) is 18.5 Å². The Morgan fingerprint density at radius 3 is 2.73 bits per heavy atom. The van der Waals surface area contributed by atoms with Crippen LogP contribution < -0.4 is 10.1 Å². The van der Waals surface area contributed by atoms with E-state index >= 15 is 0 Å². The number of carbonyl (C=O) groups excluding carboxylic acids is 2. The van der Waals surface area contributed by atoms with Crippen LogP contribution in [0.5, 0.6) is 5.75 Å². The Bertz CT molecular complexity index is 721. The number of nitrogens with zero attached hydrogens (tertiary/aromatic N) is 3. The number of thioether (sulfide) groups is 1. The first-order valence-electron chi connectivity index (χ1n) is 8.21. The van der Waals surface area contributed by atoms with Crippen molar-refractivity contribution in [3.63, 3.8) is 0 Å². The Labute approximate surface area is 156 Å². The minimum atomic E-state index is -0.351. The number of hydrogen-bond donors (Lipinski definition) is 1. The van der Waals surface area contributed by atoms with Crippen LogP contribution in [0.3, 0.4) is 0 Å². The highest BCUT2D eigenvalue weighted by molar-refractivity contribution is 7.99. The van der Waals surface area contributed by atoms with Crippen LogP contribution in [0.2, 0.25) is 0 Å². The average molecular weight is 378 g/mol. The van der Waals surface area contributed by atoms with E-state index in [9.17, 15) is 9.59 Å². The van der Waals surface area contributed by atoms with Crippen LogP contribution in [0, 0.1) is 0 Å². The number of carbonyl (C=O) groups is 2. The molecule has 8 nitrogen and oxygen atoms in total. The molecule has 0 aliphatic rings. The number of esters is 1. The number of hydrogen-bond acceptors (Lipinski definition) is 7. The Morgan fingerprint density at radius 2 is 2.00 bits per heavy atom. The fraction of sp³-hybridized carbons (Fsp3) is 0.412. The molecule has 0 bridgehead atoms. The number of benzene rings is 1. The van der Waals surface area contributed by atoms with E-state index in [2.05, 4.69) is 15.5 Å². The molecule has 0 fully saturated rings. The molecule has 1 amide bonds. The lowest BCUT2D eigenvalue weighted by molar-refractivity contribution is -0.142. The number of para-hydroxylation sites is 1. The first-order chi connectivity index (χ1) is 12.6. The zero-order chi connectivity index (χ0) is 18.8. The van der Waals surface area contributed by atoms with Gasteiger partial charge in [0.2, 0.25) is 5.91 Å². The third-order valence-corrected chi connectivity index (χ3v) is 4.32. The Balaban J connectivity index is 1.68. The maximum absolute atomic E-state index is 11.9. The second kappa shape index (κ2) is 10.4. The van der Waals surface area contributed by atoms with Crippen molar-refractivity contribution in [2.75, 3.05) is 25.5 Å². The summed E-state index contributed by atoms with van der Waals surface area (Å²) in [6.07, 6.45) is 0.0565. The molecule has 0 saturated heterocycles. The largest absolute Gasteiger partial charge is 0.492 e. The number of rotatable bonds is 10. The van der Waals surface area contributed by atoms with Crippen LogP contribution in [0.4, 0.5) is 0 Å². The van der Waals surface area contributed by atoms with Crippen molar-refractivity contribution in [2.24, 2.45) is 7.05 Å². The number of amides is 1. The van der Waals surface area contributed by atoms with Crippen molar-refractivity contribution in [1.82, 2.24) is 20.1 Å². The van der Waals surface area contributed by atoms with E-state index in [0.717, 1.165) is 5.75 Å². The lowest BCUT2D eigenvalue weighted by Crippen LogP contribution is -2.29. The van der Waals surface area contributed by atoms with E-state index in [1.165, 1.54) is 11.8 Å². The van der Waals surface area contributed by atoms with Gasteiger partial charge in [-0.1, -0.05) is 30.0 Å². The summed E-state index contributed by atoms with van der Waals surface area (Å²) in [6.45, 7) is 2.89. The molecule has 0 aliphatic carbocycles. The van der Waals surface area contributed by atoms with Gasteiger partial charge in [-0.15, -0.1) is 10.2 Å². The van der Waals surface area contributed by atoms with Crippen molar-refractivity contribution in [2.45, 2.75) is 18.5 Å². The Kier molecular flexibility index (Phi) is 7.94. The average Bonchev–Trinajstić information content (AvgIpc) is 2.98. The molecule has 9 heteroatoms. The van der Waals surface area contributed by atoms with Crippen LogP contribution in [-0.4, -0.2) is 52.2 Å². The van der Waals surface area contributed by atoms with Gasteiger partial charge in [-0.25, -0.2) is 0 Å². The topological polar surface area (TPSA) is 95.3 Å². The SMILES string of the molecule is CCOC(=O)Cc1nnc(SCC(=O)NCCOc2ccccc2)n1C. The molecule has 1 N–H and O–H groups in total. The predicted molar refractivity (Wildman–Crippen MR) is 97.0 cm³/mol. The zero-order valence-electron chi connectivity index (χ0n) is 14.8. The second-order valence-electron chi connectivity index (χ2n) is 5.24. The fourth-order valence-electron chi connectivity index (χ4n) is 2.02. The molecular weight excluding hydrogens is 356 g/mol. The van der Waals surface area contributed by atoms with Gasteiger partial charge >= 0.3 is 5.97 Å². The summed E-state index contributed by atoms with van der Waals surface area (Å²) in [7, 11) is 1.75. The van der Waals surface area contributed by atoms with Crippen LogP contribution in [-0.2, 0) is 27.8 Å². The van der Waals surface area contributed by atoms with E-state index in [-0.39, 0.29) is 24.1 Å². The standard InChI is InChI=1S/C17H22N4O4S/c1-3-24-16(23)11-14-19-20-17(21(14)2)26-12-15(22)18-9-10-25-13-7-5-4-6-8-13/h4-8H,3,9-12H2,1-2H3,(H,18,22). The molecule has 140 valence electrons. The van der Waals surface area contributed by atoms with E-state index in [4.69, 9.17) is 9.47 Å². The minimum Gasteiger partial charge on any atom is -0.492 e. The summed E-state index contributed by atoms with van der Waals surface area (Å²) < 4.78 is 12.1. The highest BCUT2D eigenvalue weighted by Crippen LogP contribution is 2.15. The summed E-state index contributed by atoms with van der Waals surface area (Å²) in [4.78, 5) is 23.4. The van der Waals surface area contributed by atoms with Gasteiger partial charge in [-0.2, -0.15) is 0 Å². The van der Waals surface area contributed by atoms with Crippen LogP contribution in [0.1, 0.15) is 12.7 Å². The molecule has 1 heterocycles. The van der Waals surface area contributed by atoms with Gasteiger partial charge in [0.15, 0.2) is 5.16 Å². The van der Waals surface area contributed by atoms with Gasteiger partial charge in [0.1, 0.15) is 24.6 Å².